The smallest absolute Gasteiger partial charge is 0.253 e. The number of aromatic nitrogens is 2. The maximum atomic E-state index is 11.0. The number of hydrogen-bond acceptors (Lipinski definition) is 4. The average Bonchev–Trinajstić information content (AvgIpc) is 2.65. The van der Waals surface area contributed by atoms with E-state index in [1.165, 1.54) is 11.7 Å². The Labute approximate surface area is 80.9 Å². The van der Waals surface area contributed by atoms with E-state index >= 15 is 0 Å². The zero-order valence-electron chi connectivity index (χ0n) is 7.71. The molecule has 0 aromatic carbocycles. The van der Waals surface area contributed by atoms with Gasteiger partial charge in [-0.15, -0.1) is 0 Å². The minimum absolute atomic E-state index is 0.135. The predicted octanol–water partition coefficient (Wildman–Crippen LogP) is -0.913. The molecule has 6 nitrogen and oxygen atoms in total. The van der Waals surface area contributed by atoms with E-state index < -0.39 is 5.91 Å². The van der Waals surface area contributed by atoms with Gasteiger partial charge in [0.25, 0.3) is 5.91 Å². The van der Waals surface area contributed by atoms with Crippen molar-refractivity contribution >= 4 is 11.7 Å². The molecule has 0 spiro atoms. The van der Waals surface area contributed by atoms with Crippen molar-refractivity contribution in [3.8, 4) is 0 Å². The van der Waals surface area contributed by atoms with Crippen LogP contribution in [0.1, 0.15) is 0 Å². The summed E-state index contributed by atoms with van der Waals surface area (Å²) in [5, 5.41) is 3.92. The highest BCUT2D eigenvalue weighted by Gasteiger charge is 2.13. The van der Waals surface area contributed by atoms with Crippen molar-refractivity contribution < 1.29 is 4.79 Å². The molecule has 0 unspecified atom stereocenters. The third-order valence-corrected chi connectivity index (χ3v) is 1.61. The molecule has 74 valence electrons. The zero-order valence-corrected chi connectivity index (χ0v) is 7.71. The standard InChI is InChI=1S/C8H11N5O/c1-11-8(6(5-9)7(10)14)13-4-2-3-12-13/h2-5H,9H2,1H3,(H2,10,14). The minimum atomic E-state index is -0.636. The highest BCUT2D eigenvalue weighted by molar-refractivity contribution is 6.20. The van der Waals surface area contributed by atoms with Gasteiger partial charge in [-0.1, -0.05) is 0 Å². The number of aliphatic imine (C=N–C) groups is 1. The van der Waals surface area contributed by atoms with Gasteiger partial charge >= 0.3 is 0 Å². The van der Waals surface area contributed by atoms with Crippen LogP contribution in [0.4, 0.5) is 0 Å². The molecular weight excluding hydrogens is 182 g/mol. The van der Waals surface area contributed by atoms with Gasteiger partial charge in [0.15, 0.2) is 5.84 Å². The van der Waals surface area contributed by atoms with Gasteiger partial charge in [-0.05, 0) is 6.07 Å². The summed E-state index contributed by atoms with van der Waals surface area (Å²) < 4.78 is 1.42. The molecule has 1 amide bonds. The molecule has 0 aliphatic carbocycles. The maximum Gasteiger partial charge on any atom is 0.253 e. The Balaban J connectivity index is 3.12. The molecule has 0 radical (unpaired) electrons. The molecule has 1 rings (SSSR count). The van der Waals surface area contributed by atoms with Crippen LogP contribution in [0.2, 0.25) is 0 Å². The Hall–Kier alpha value is -2.11. The van der Waals surface area contributed by atoms with Gasteiger partial charge in [0.2, 0.25) is 0 Å². The van der Waals surface area contributed by atoms with Crippen molar-refractivity contribution in [1.29, 1.82) is 0 Å². The lowest BCUT2D eigenvalue weighted by Crippen LogP contribution is -2.27. The Morgan fingerprint density at radius 3 is 2.71 bits per heavy atom. The molecule has 1 aromatic rings. The van der Waals surface area contributed by atoms with Gasteiger partial charge in [0.1, 0.15) is 0 Å². The summed E-state index contributed by atoms with van der Waals surface area (Å²) in [6, 6.07) is 1.71. The number of amides is 1. The number of carbonyl (C=O) groups is 1. The van der Waals surface area contributed by atoms with E-state index in [1.54, 1.807) is 18.5 Å². The summed E-state index contributed by atoms with van der Waals surface area (Å²) in [6.07, 6.45) is 4.33. The van der Waals surface area contributed by atoms with Crippen LogP contribution >= 0.6 is 0 Å². The minimum Gasteiger partial charge on any atom is -0.404 e. The lowest BCUT2D eigenvalue weighted by Gasteiger charge is -2.05. The highest BCUT2D eigenvalue weighted by Crippen LogP contribution is 1.98. The maximum absolute atomic E-state index is 11.0. The first-order chi connectivity index (χ1) is 6.70. The van der Waals surface area contributed by atoms with Gasteiger partial charge in [-0.2, -0.15) is 5.10 Å². The molecule has 1 aromatic heterocycles. The molecule has 6 heteroatoms. The van der Waals surface area contributed by atoms with Gasteiger partial charge < -0.3 is 11.5 Å². The van der Waals surface area contributed by atoms with Crippen LogP contribution < -0.4 is 11.5 Å². The van der Waals surface area contributed by atoms with Gasteiger partial charge in [-0.3, -0.25) is 9.79 Å². The van der Waals surface area contributed by atoms with Crippen LogP contribution in [0.25, 0.3) is 0 Å². The normalized spacial score (nSPS) is 12.9. The first kappa shape index (κ1) is 9.97. The fourth-order valence-corrected chi connectivity index (χ4v) is 1.01. The number of hydrogen-bond donors (Lipinski definition) is 2. The third kappa shape index (κ3) is 1.79. The quantitative estimate of drug-likeness (QED) is 0.361. The number of primary amides is 1. The fourth-order valence-electron chi connectivity index (χ4n) is 1.01. The van der Waals surface area contributed by atoms with Crippen LogP contribution in [-0.2, 0) is 4.79 Å². The Kier molecular flexibility index (Phi) is 3.01. The van der Waals surface area contributed by atoms with Crippen LogP contribution in [0.15, 0.2) is 35.2 Å². The zero-order chi connectivity index (χ0) is 10.6. The number of carbonyl (C=O) groups excluding carboxylic acids is 1. The number of nitrogens with two attached hydrogens (primary N) is 2. The number of nitrogens with zero attached hydrogens (tertiary/aromatic N) is 3. The largest absolute Gasteiger partial charge is 0.404 e. The van der Waals surface area contributed by atoms with E-state index in [0.29, 0.717) is 5.84 Å². The van der Waals surface area contributed by atoms with E-state index in [1.807, 2.05) is 0 Å². The molecule has 0 fully saturated rings. The molecular formula is C8H11N5O. The van der Waals surface area contributed by atoms with Crippen molar-refractivity contribution in [2.75, 3.05) is 7.05 Å². The lowest BCUT2D eigenvalue weighted by molar-refractivity contribution is -0.114. The summed E-state index contributed by atoms with van der Waals surface area (Å²) in [7, 11) is 1.53. The van der Waals surface area contributed by atoms with E-state index in [0.717, 1.165) is 6.20 Å². The van der Waals surface area contributed by atoms with Gasteiger partial charge in [0.05, 0.1) is 5.57 Å². The topological polar surface area (TPSA) is 99.3 Å². The van der Waals surface area contributed by atoms with Crippen LogP contribution in [0.5, 0.6) is 0 Å². The van der Waals surface area contributed by atoms with Crippen LogP contribution in [0, 0.1) is 0 Å². The molecule has 0 atom stereocenters. The van der Waals surface area contributed by atoms with E-state index in [2.05, 4.69) is 10.1 Å². The Morgan fingerprint density at radius 1 is 1.64 bits per heavy atom. The number of rotatable bonds is 2. The average molecular weight is 193 g/mol. The second-order valence-electron chi connectivity index (χ2n) is 2.44. The van der Waals surface area contributed by atoms with Crippen molar-refractivity contribution in [3.05, 3.63) is 30.2 Å². The second-order valence-corrected chi connectivity index (χ2v) is 2.44. The van der Waals surface area contributed by atoms with Crippen LogP contribution in [-0.4, -0.2) is 28.6 Å². The molecule has 14 heavy (non-hydrogen) atoms. The Morgan fingerprint density at radius 2 is 2.36 bits per heavy atom. The van der Waals surface area contributed by atoms with Gasteiger partial charge in [-0.25, -0.2) is 4.68 Å². The summed E-state index contributed by atoms with van der Waals surface area (Å²) in [5.74, 6) is -0.311. The van der Waals surface area contributed by atoms with Crippen molar-refractivity contribution in [2.24, 2.45) is 16.5 Å². The second kappa shape index (κ2) is 4.22. The summed E-state index contributed by atoms with van der Waals surface area (Å²) in [5.41, 5.74) is 10.5. The molecule has 0 saturated heterocycles. The third-order valence-electron chi connectivity index (χ3n) is 1.61. The molecule has 0 aliphatic heterocycles. The fraction of sp³-hybridized carbons (Fsp3) is 0.125. The lowest BCUT2D eigenvalue weighted by atomic mass is 10.2. The van der Waals surface area contributed by atoms with Crippen LogP contribution in [0.3, 0.4) is 0 Å². The molecule has 0 bridgehead atoms. The molecule has 0 saturated carbocycles. The first-order valence-corrected chi connectivity index (χ1v) is 3.89. The van der Waals surface area contributed by atoms with E-state index in [9.17, 15) is 4.79 Å². The molecule has 4 N–H and O–H groups in total. The van der Waals surface area contributed by atoms with Crippen molar-refractivity contribution in [2.45, 2.75) is 0 Å². The first-order valence-electron chi connectivity index (χ1n) is 3.89. The van der Waals surface area contributed by atoms with E-state index in [4.69, 9.17) is 11.5 Å². The monoisotopic (exact) mass is 193 g/mol. The molecule has 0 aliphatic rings. The summed E-state index contributed by atoms with van der Waals surface area (Å²) in [4.78, 5) is 14.9. The SMILES string of the molecule is CN=C(C(=CN)C(N)=O)n1cccn1. The summed E-state index contributed by atoms with van der Waals surface area (Å²) in [6.45, 7) is 0. The summed E-state index contributed by atoms with van der Waals surface area (Å²) >= 11 is 0. The van der Waals surface area contributed by atoms with Crippen molar-refractivity contribution in [1.82, 2.24) is 9.78 Å². The highest BCUT2D eigenvalue weighted by atomic mass is 16.1. The predicted molar refractivity (Wildman–Crippen MR) is 52.4 cm³/mol. The van der Waals surface area contributed by atoms with Crippen molar-refractivity contribution in [3.63, 3.8) is 0 Å². The van der Waals surface area contributed by atoms with Gasteiger partial charge in [0, 0.05) is 25.6 Å². The Bertz CT molecular complexity index is 376. The van der Waals surface area contributed by atoms with E-state index in [-0.39, 0.29) is 5.57 Å². The molecule has 1 heterocycles.